The summed E-state index contributed by atoms with van der Waals surface area (Å²) in [5, 5.41) is 6.98. The van der Waals surface area contributed by atoms with Crippen LogP contribution in [-0.2, 0) is 11.3 Å². The Morgan fingerprint density at radius 3 is 2.95 bits per heavy atom. The minimum atomic E-state index is -0.0781. The van der Waals surface area contributed by atoms with E-state index in [2.05, 4.69) is 24.3 Å². The van der Waals surface area contributed by atoms with Gasteiger partial charge >= 0.3 is 6.03 Å². The lowest BCUT2D eigenvalue weighted by atomic mass is 9.99. The number of rotatable bonds is 5. The van der Waals surface area contributed by atoms with Crippen LogP contribution in [0.3, 0.4) is 0 Å². The Labute approximate surface area is 125 Å². The lowest BCUT2D eigenvalue weighted by Crippen LogP contribution is -2.48. The van der Waals surface area contributed by atoms with Gasteiger partial charge in [0.25, 0.3) is 0 Å². The number of ether oxygens (including phenoxy) is 1. The van der Waals surface area contributed by atoms with Gasteiger partial charge in [-0.2, -0.15) is 0 Å². The molecule has 1 fully saturated rings. The highest BCUT2D eigenvalue weighted by molar-refractivity contribution is 5.74. The Kier molecular flexibility index (Phi) is 5.61. The third kappa shape index (κ3) is 4.20. The molecule has 1 aliphatic rings. The Bertz CT molecular complexity index is 457. The average molecular weight is 295 g/mol. The molecule has 6 nitrogen and oxygen atoms in total. The second-order valence-electron chi connectivity index (χ2n) is 5.52. The minimum absolute atomic E-state index is 0.0781. The summed E-state index contributed by atoms with van der Waals surface area (Å²) in [7, 11) is 0. The van der Waals surface area contributed by atoms with Crippen LogP contribution >= 0.6 is 0 Å². The van der Waals surface area contributed by atoms with E-state index in [1.165, 1.54) is 0 Å². The number of urea groups is 1. The van der Waals surface area contributed by atoms with E-state index in [4.69, 9.17) is 9.26 Å². The van der Waals surface area contributed by atoms with E-state index in [1.807, 2.05) is 13.0 Å². The van der Waals surface area contributed by atoms with Crippen LogP contribution in [0, 0.1) is 0 Å². The summed E-state index contributed by atoms with van der Waals surface area (Å²) in [6.45, 7) is 8.48. The zero-order valence-electron chi connectivity index (χ0n) is 13.1. The number of carbonyl (C=O) groups excluding carboxylic acids is 1. The molecule has 0 bridgehead atoms. The van der Waals surface area contributed by atoms with E-state index >= 15 is 0 Å². The lowest BCUT2D eigenvalue weighted by Gasteiger charge is -2.31. The summed E-state index contributed by atoms with van der Waals surface area (Å²) in [5.41, 5.74) is 0.976. The Morgan fingerprint density at radius 1 is 1.52 bits per heavy atom. The molecule has 0 aromatic carbocycles. The number of aromatic nitrogens is 1. The number of hydrogen-bond donors (Lipinski definition) is 1. The SMILES string of the molecule is CCC(CC)c1cc(CNC(=O)N2CCO[C@H](C)C2)on1. The number of nitrogens with one attached hydrogen (secondary N) is 1. The first kappa shape index (κ1) is 15.8. The highest BCUT2D eigenvalue weighted by Crippen LogP contribution is 2.22. The second-order valence-corrected chi connectivity index (χ2v) is 5.52. The van der Waals surface area contributed by atoms with Gasteiger partial charge in [-0.15, -0.1) is 0 Å². The summed E-state index contributed by atoms with van der Waals surface area (Å²) in [6.07, 6.45) is 2.18. The van der Waals surface area contributed by atoms with Crippen LogP contribution in [-0.4, -0.2) is 41.9 Å². The molecule has 1 aromatic heterocycles. The van der Waals surface area contributed by atoms with Crippen molar-refractivity contribution >= 4 is 6.03 Å². The third-order valence-electron chi connectivity index (χ3n) is 3.92. The summed E-state index contributed by atoms with van der Waals surface area (Å²) in [4.78, 5) is 13.8. The standard InChI is InChI=1S/C15H25N3O3/c1-4-12(5-2)14-8-13(21-17-14)9-16-15(19)18-6-7-20-11(3)10-18/h8,11-12H,4-7,9-10H2,1-3H3,(H,16,19)/t11-/m1/s1. The molecule has 2 rings (SSSR count). The summed E-state index contributed by atoms with van der Waals surface area (Å²) in [5.74, 6) is 1.13. The van der Waals surface area contributed by atoms with Gasteiger partial charge in [0.15, 0.2) is 5.76 Å². The summed E-state index contributed by atoms with van der Waals surface area (Å²) < 4.78 is 10.7. The molecule has 0 unspecified atom stereocenters. The Hall–Kier alpha value is -1.56. The third-order valence-corrected chi connectivity index (χ3v) is 3.92. The number of carbonyl (C=O) groups is 1. The van der Waals surface area contributed by atoms with Crippen LogP contribution < -0.4 is 5.32 Å². The first-order valence-corrected chi connectivity index (χ1v) is 7.73. The molecule has 2 heterocycles. The fourth-order valence-electron chi connectivity index (χ4n) is 2.59. The van der Waals surface area contributed by atoms with Gasteiger partial charge in [-0.1, -0.05) is 19.0 Å². The zero-order valence-corrected chi connectivity index (χ0v) is 13.1. The molecule has 6 heteroatoms. The quantitative estimate of drug-likeness (QED) is 0.906. The predicted molar refractivity (Wildman–Crippen MR) is 79.0 cm³/mol. The maximum atomic E-state index is 12.1. The van der Waals surface area contributed by atoms with Crippen molar-refractivity contribution in [1.29, 1.82) is 0 Å². The van der Waals surface area contributed by atoms with Crippen molar-refractivity contribution in [2.45, 2.75) is 52.2 Å². The van der Waals surface area contributed by atoms with E-state index in [9.17, 15) is 4.79 Å². The molecule has 1 N–H and O–H groups in total. The predicted octanol–water partition coefficient (Wildman–Crippen LogP) is 2.51. The van der Waals surface area contributed by atoms with Crippen molar-refractivity contribution in [1.82, 2.24) is 15.4 Å². The molecule has 1 aliphatic heterocycles. The van der Waals surface area contributed by atoms with Crippen LogP contribution in [0.15, 0.2) is 10.6 Å². The van der Waals surface area contributed by atoms with Gasteiger partial charge in [0.05, 0.1) is 24.9 Å². The summed E-state index contributed by atoms with van der Waals surface area (Å²) in [6, 6.07) is 1.87. The first-order valence-electron chi connectivity index (χ1n) is 7.73. The summed E-state index contributed by atoms with van der Waals surface area (Å²) >= 11 is 0. The van der Waals surface area contributed by atoms with Crippen LogP contribution in [0.2, 0.25) is 0 Å². The van der Waals surface area contributed by atoms with Crippen molar-refractivity contribution in [2.24, 2.45) is 0 Å². The largest absolute Gasteiger partial charge is 0.375 e. The molecule has 118 valence electrons. The minimum Gasteiger partial charge on any atom is -0.375 e. The van der Waals surface area contributed by atoms with Crippen LogP contribution in [0.25, 0.3) is 0 Å². The van der Waals surface area contributed by atoms with Crippen LogP contribution in [0.4, 0.5) is 4.79 Å². The fourth-order valence-corrected chi connectivity index (χ4v) is 2.59. The fraction of sp³-hybridized carbons (Fsp3) is 0.733. The molecule has 21 heavy (non-hydrogen) atoms. The van der Waals surface area contributed by atoms with E-state index in [0.717, 1.165) is 18.5 Å². The number of nitrogens with zero attached hydrogens (tertiary/aromatic N) is 2. The number of morpholine rings is 1. The van der Waals surface area contributed by atoms with Gasteiger partial charge in [0, 0.05) is 25.1 Å². The molecule has 1 atom stereocenters. The van der Waals surface area contributed by atoms with E-state index in [0.29, 0.717) is 37.9 Å². The maximum absolute atomic E-state index is 12.1. The maximum Gasteiger partial charge on any atom is 0.317 e. The van der Waals surface area contributed by atoms with Crippen molar-refractivity contribution in [3.05, 3.63) is 17.5 Å². The number of amides is 2. The topological polar surface area (TPSA) is 67.6 Å². The second kappa shape index (κ2) is 7.45. The monoisotopic (exact) mass is 295 g/mol. The molecule has 1 aromatic rings. The highest BCUT2D eigenvalue weighted by Gasteiger charge is 2.21. The van der Waals surface area contributed by atoms with Gasteiger partial charge in [0.2, 0.25) is 0 Å². The average Bonchev–Trinajstić information content (AvgIpc) is 2.95. The van der Waals surface area contributed by atoms with E-state index in [-0.39, 0.29) is 12.1 Å². The van der Waals surface area contributed by atoms with Gasteiger partial charge in [-0.3, -0.25) is 0 Å². The van der Waals surface area contributed by atoms with Crippen molar-refractivity contribution < 1.29 is 14.1 Å². The van der Waals surface area contributed by atoms with Crippen LogP contribution in [0.1, 0.15) is 51.0 Å². The highest BCUT2D eigenvalue weighted by atomic mass is 16.5. The van der Waals surface area contributed by atoms with Crippen molar-refractivity contribution in [3.63, 3.8) is 0 Å². The Morgan fingerprint density at radius 2 is 2.29 bits per heavy atom. The number of hydrogen-bond acceptors (Lipinski definition) is 4. The smallest absolute Gasteiger partial charge is 0.317 e. The van der Waals surface area contributed by atoms with Crippen molar-refractivity contribution in [2.75, 3.05) is 19.7 Å². The van der Waals surface area contributed by atoms with Gasteiger partial charge in [0.1, 0.15) is 0 Å². The van der Waals surface area contributed by atoms with E-state index < -0.39 is 0 Å². The molecule has 2 amide bonds. The molecular weight excluding hydrogens is 270 g/mol. The molecule has 0 aliphatic carbocycles. The Balaban J connectivity index is 1.84. The molecule has 0 spiro atoms. The lowest BCUT2D eigenvalue weighted by molar-refractivity contribution is -0.00358. The van der Waals surface area contributed by atoms with Gasteiger partial charge < -0.3 is 19.5 Å². The zero-order chi connectivity index (χ0) is 15.2. The molecule has 0 radical (unpaired) electrons. The van der Waals surface area contributed by atoms with Gasteiger partial charge in [-0.05, 0) is 19.8 Å². The molecular formula is C15H25N3O3. The van der Waals surface area contributed by atoms with Crippen LogP contribution in [0.5, 0.6) is 0 Å². The van der Waals surface area contributed by atoms with Gasteiger partial charge in [-0.25, -0.2) is 4.79 Å². The van der Waals surface area contributed by atoms with E-state index in [1.54, 1.807) is 4.90 Å². The molecule has 1 saturated heterocycles. The first-order chi connectivity index (χ1) is 10.1. The van der Waals surface area contributed by atoms with Crippen molar-refractivity contribution in [3.8, 4) is 0 Å². The normalized spacial score (nSPS) is 19.0. The molecule has 0 saturated carbocycles.